The van der Waals surface area contributed by atoms with E-state index in [2.05, 4.69) is 6.58 Å². The second-order valence-corrected chi connectivity index (χ2v) is 3.68. The van der Waals surface area contributed by atoms with E-state index in [0.29, 0.717) is 24.7 Å². The molecule has 1 aliphatic heterocycles. The fourth-order valence-corrected chi connectivity index (χ4v) is 1.45. The zero-order valence-corrected chi connectivity index (χ0v) is 7.58. The maximum atomic E-state index is 12.6. The van der Waals surface area contributed by atoms with Crippen molar-refractivity contribution < 1.29 is 8.78 Å². The Hall–Kier alpha value is -0.150. The number of piperidine rings is 1. The van der Waals surface area contributed by atoms with Crippen LogP contribution < -0.4 is 0 Å². The largest absolute Gasteiger partial charge is 0.298 e. The lowest BCUT2D eigenvalue weighted by atomic mass is 10.1. The molecule has 0 aromatic carbocycles. The van der Waals surface area contributed by atoms with Crippen molar-refractivity contribution in [2.75, 3.05) is 19.6 Å². The van der Waals surface area contributed by atoms with E-state index < -0.39 is 5.92 Å². The summed E-state index contributed by atoms with van der Waals surface area (Å²) in [6.45, 7) is 4.88. The van der Waals surface area contributed by atoms with Crippen molar-refractivity contribution in [3.8, 4) is 0 Å². The van der Waals surface area contributed by atoms with Gasteiger partial charge in [0.2, 0.25) is 0 Å². The van der Waals surface area contributed by atoms with Gasteiger partial charge in [-0.15, -0.1) is 0 Å². The van der Waals surface area contributed by atoms with Crippen LogP contribution in [0.15, 0.2) is 11.6 Å². The van der Waals surface area contributed by atoms with Gasteiger partial charge < -0.3 is 0 Å². The highest BCUT2D eigenvalue weighted by molar-refractivity contribution is 6.29. The van der Waals surface area contributed by atoms with Crippen LogP contribution in [0.3, 0.4) is 0 Å². The minimum Gasteiger partial charge on any atom is -0.298 e. The fraction of sp³-hybridized carbons (Fsp3) is 0.750. The van der Waals surface area contributed by atoms with Crippen molar-refractivity contribution in [3.05, 3.63) is 11.6 Å². The summed E-state index contributed by atoms with van der Waals surface area (Å²) in [7, 11) is 0. The molecule has 1 rings (SSSR count). The SMILES string of the molecule is C=C(Cl)CN1CCC(F)(F)CC1. The molecule has 0 radical (unpaired) electrons. The molecule has 0 aromatic rings. The first kappa shape index (κ1) is 9.93. The zero-order valence-electron chi connectivity index (χ0n) is 6.82. The molecule has 0 bridgehead atoms. The molecule has 1 fully saturated rings. The van der Waals surface area contributed by atoms with E-state index in [0.717, 1.165) is 0 Å². The van der Waals surface area contributed by atoms with E-state index in [-0.39, 0.29) is 12.8 Å². The van der Waals surface area contributed by atoms with Crippen LogP contribution >= 0.6 is 11.6 Å². The third kappa shape index (κ3) is 3.07. The Kier molecular flexibility index (Phi) is 3.07. The molecule has 1 saturated heterocycles. The molecule has 0 amide bonds. The minimum absolute atomic E-state index is 0.0584. The molecule has 1 nitrogen and oxygen atoms in total. The van der Waals surface area contributed by atoms with Crippen LogP contribution in [-0.4, -0.2) is 30.5 Å². The van der Waals surface area contributed by atoms with Gasteiger partial charge >= 0.3 is 0 Å². The van der Waals surface area contributed by atoms with Gasteiger partial charge in [-0.25, -0.2) is 8.78 Å². The molecular formula is C8H12ClF2N. The van der Waals surface area contributed by atoms with Crippen LogP contribution in [0, 0.1) is 0 Å². The highest BCUT2D eigenvalue weighted by atomic mass is 35.5. The van der Waals surface area contributed by atoms with Crippen molar-refractivity contribution >= 4 is 11.6 Å². The normalized spacial score (nSPS) is 23.9. The molecule has 0 atom stereocenters. The number of nitrogens with zero attached hydrogens (tertiary/aromatic N) is 1. The van der Waals surface area contributed by atoms with Gasteiger partial charge in [0.1, 0.15) is 0 Å². The third-order valence-electron chi connectivity index (χ3n) is 1.98. The van der Waals surface area contributed by atoms with Crippen LogP contribution in [0.5, 0.6) is 0 Å². The second-order valence-electron chi connectivity index (χ2n) is 3.15. The number of rotatable bonds is 2. The fourth-order valence-electron chi connectivity index (χ4n) is 1.28. The van der Waals surface area contributed by atoms with E-state index in [9.17, 15) is 8.78 Å². The van der Waals surface area contributed by atoms with Gasteiger partial charge in [-0.1, -0.05) is 18.2 Å². The van der Waals surface area contributed by atoms with Crippen molar-refractivity contribution in [1.29, 1.82) is 0 Å². The molecule has 70 valence electrons. The van der Waals surface area contributed by atoms with Crippen LogP contribution in [0.25, 0.3) is 0 Å². The lowest BCUT2D eigenvalue weighted by Gasteiger charge is -2.31. The summed E-state index contributed by atoms with van der Waals surface area (Å²) in [5.74, 6) is -2.47. The Balaban J connectivity index is 2.31. The third-order valence-corrected chi connectivity index (χ3v) is 2.10. The molecule has 1 aliphatic rings. The van der Waals surface area contributed by atoms with Gasteiger partial charge in [-0.2, -0.15) is 0 Å². The smallest absolute Gasteiger partial charge is 0.250 e. The summed E-state index contributed by atoms with van der Waals surface area (Å²) in [4.78, 5) is 1.90. The monoisotopic (exact) mass is 195 g/mol. The first-order chi connectivity index (χ1) is 5.49. The summed E-state index contributed by atoms with van der Waals surface area (Å²) in [6, 6.07) is 0. The molecule has 1 heterocycles. The van der Waals surface area contributed by atoms with Gasteiger partial charge in [0.25, 0.3) is 5.92 Å². The van der Waals surface area contributed by atoms with Crippen molar-refractivity contribution in [2.45, 2.75) is 18.8 Å². The summed E-state index contributed by atoms with van der Waals surface area (Å²) >= 11 is 5.56. The summed E-state index contributed by atoms with van der Waals surface area (Å²) in [6.07, 6.45) is -0.117. The first-order valence-electron chi connectivity index (χ1n) is 3.93. The van der Waals surface area contributed by atoms with Gasteiger partial charge in [-0.3, -0.25) is 4.90 Å². The van der Waals surface area contributed by atoms with E-state index in [4.69, 9.17) is 11.6 Å². The predicted molar refractivity (Wildman–Crippen MR) is 45.6 cm³/mol. The molecule has 4 heteroatoms. The number of alkyl halides is 2. The van der Waals surface area contributed by atoms with Crippen molar-refractivity contribution in [1.82, 2.24) is 4.90 Å². The van der Waals surface area contributed by atoms with Crippen LogP contribution in [0.1, 0.15) is 12.8 Å². The van der Waals surface area contributed by atoms with Gasteiger partial charge in [-0.05, 0) is 0 Å². The topological polar surface area (TPSA) is 3.24 Å². The van der Waals surface area contributed by atoms with Crippen molar-refractivity contribution in [2.24, 2.45) is 0 Å². The summed E-state index contributed by atoms with van der Waals surface area (Å²) in [5.41, 5.74) is 0. The summed E-state index contributed by atoms with van der Waals surface area (Å²) in [5, 5.41) is 0.514. The second kappa shape index (κ2) is 3.71. The van der Waals surface area contributed by atoms with E-state index in [1.807, 2.05) is 4.90 Å². The maximum Gasteiger partial charge on any atom is 0.250 e. The predicted octanol–water partition coefficient (Wildman–Crippen LogP) is 2.47. The Morgan fingerprint density at radius 3 is 2.33 bits per heavy atom. The number of hydrogen-bond acceptors (Lipinski definition) is 1. The van der Waals surface area contributed by atoms with Gasteiger partial charge in [0.05, 0.1) is 0 Å². The molecule has 0 N–H and O–H groups in total. The lowest BCUT2D eigenvalue weighted by molar-refractivity contribution is -0.0531. The van der Waals surface area contributed by atoms with E-state index in [1.54, 1.807) is 0 Å². The molecule has 0 saturated carbocycles. The highest BCUT2D eigenvalue weighted by Gasteiger charge is 2.33. The minimum atomic E-state index is -2.47. The molecule has 0 spiro atoms. The van der Waals surface area contributed by atoms with E-state index >= 15 is 0 Å². The molecule has 12 heavy (non-hydrogen) atoms. The van der Waals surface area contributed by atoms with Crippen LogP contribution in [0.4, 0.5) is 8.78 Å². The summed E-state index contributed by atoms with van der Waals surface area (Å²) < 4.78 is 25.3. The Labute approximate surface area is 76.0 Å². The van der Waals surface area contributed by atoms with Crippen molar-refractivity contribution in [3.63, 3.8) is 0 Å². The molecule has 0 unspecified atom stereocenters. The quantitative estimate of drug-likeness (QED) is 0.655. The number of hydrogen-bond donors (Lipinski definition) is 0. The Morgan fingerprint density at radius 1 is 1.42 bits per heavy atom. The van der Waals surface area contributed by atoms with Crippen LogP contribution in [-0.2, 0) is 0 Å². The molecule has 0 aliphatic carbocycles. The van der Waals surface area contributed by atoms with Gasteiger partial charge in [0.15, 0.2) is 0 Å². The highest BCUT2D eigenvalue weighted by Crippen LogP contribution is 2.27. The van der Waals surface area contributed by atoms with E-state index in [1.165, 1.54) is 0 Å². The Bertz CT molecular complexity index is 172. The average molecular weight is 196 g/mol. The first-order valence-corrected chi connectivity index (χ1v) is 4.31. The van der Waals surface area contributed by atoms with Crippen LogP contribution in [0.2, 0.25) is 0 Å². The van der Waals surface area contributed by atoms with Gasteiger partial charge in [0, 0.05) is 37.5 Å². The maximum absolute atomic E-state index is 12.6. The molecular weight excluding hydrogens is 184 g/mol. The number of likely N-dealkylation sites (tertiary alicyclic amines) is 1. The molecule has 0 aromatic heterocycles. The average Bonchev–Trinajstić information content (AvgIpc) is 1.93. The number of halogens is 3. The standard InChI is InChI=1S/C8H12ClF2N/c1-7(9)6-12-4-2-8(10,11)3-5-12/h1-6H2. The zero-order chi connectivity index (χ0) is 9.19. The lowest BCUT2D eigenvalue weighted by Crippen LogP contribution is -2.39. The Morgan fingerprint density at radius 2 is 1.92 bits per heavy atom.